The summed E-state index contributed by atoms with van der Waals surface area (Å²) in [4.78, 5) is 38.0. The summed E-state index contributed by atoms with van der Waals surface area (Å²) in [7, 11) is 0. The van der Waals surface area contributed by atoms with Crippen molar-refractivity contribution in [3.05, 3.63) is 122 Å². The van der Waals surface area contributed by atoms with Gasteiger partial charge < -0.3 is 14.2 Å². The van der Waals surface area contributed by atoms with Gasteiger partial charge in [0.2, 0.25) is 0 Å². The van der Waals surface area contributed by atoms with Crippen molar-refractivity contribution < 1.29 is 28.6 Å². The molecule has 1 atom stereocenters. The number of rotatable bonds is 55. The van der Waals surface area contributed by atoms with Crippen LogP contribution < -0.4 is 0 Å². The van der Waals surface area contributed by atoms with Gasteiger partial charge in [-0.15, -0.1) is 0 Å². The Kier molecular flexibility index (Phi) is 58.9. The van der Waals surface area contributed by atoms with Crippen LogP contribution in [-0.2, 0) is 28.6 Å². The van der Waals surface area contributed by atoms with Crippen LogP contribution in [0.2, 0.25) is 0 Å². The molecule has 0 saturated heterocycles. The van der Waals surface area contributed by atoms with Crippen molar-refractivity contribution in [2.45, 2.75) is 284 Å². The minimum Gasteiger partial charge on any atom is -0.462 e. The molecule has 75 heavy (non-hydrogen) atoms. The fraction of sp³-hybridized carbons (Fsp3) is 0.667. The smallest absolute Gasteiger partial charge is 0.306 e. The van der Waals surface area contributed by atoms with E-state index in [-0.39, 0.29) is 31.1 Å². The van der Waals surface area contributed by atoms with Gasteiger partial charge in [0, 0.05) is 19.3 Å². The van der Waals surface area contributed by atoms with Crippen molar-refractivity contribution >= 4 is 17.9 Å². The molecule has 0 aliphatic heterocycles. The molecule has 0 radical (unpaired) electrons. The van der Waals surface area contributed by atoms with Crippen LogP contribution in [0.15, 0.2) is 122 Å². The number of unbranched alkanes of at least 4 members (excludes halogenated alkanes) is 24. The number of hydrogen-bond donors (Lipinski definition) is 0. The minimum atomic E-state index is -0.786. The standard InChI is InChI=1S/C69H114O6/c1-4-7-10-13-16-19-21-23-24-25-26-27-28-29-30-31-32-33-34-35-36-37-38-39-40-41-42-43-44-46-47-50-53-56-59-62-68(71)74-65-66(64-73-67(70)61-58-55-52-49-18-15-12-9-6-3)75-69(72)63-60-57-54-51-48-45-22-20-17-14-11-8-5-2/h7,10,16,19-20,22-24,26-27,29-30,32-33,35-36,38-39,41-42,66H,4-6,8-9,11-15,17-18,21,25,28,31,34,37,40,43-65H2,1-3H3/b10-7-,19-16-,22-20-,24-23-,27-26-,30-29-,33-32-,36-35-,39-38-,42-41-. The summed E-state index contributed by atoms with van der Waals surface area (Å²) in [5, 5.41) is 0. The van der Waals surface area contributed by atoms with Crippen LogP contribution in [-0.4, -0.2) is 37.2 Å². The van der Waals surface area contributed by atoms with Gasteiger partial charge in [-0.1, -0.05) is 264 Å². The minimum absolute atomic E-state index is 0.0840. The first-order chi connectivity index (χ1) is 37.0. The molecule has 0 N–H and O–H groups in total. The number of hydrogen-bond acceptors (Lipinski definition) is 6. The molecule has 0 saturated carbocycles. The molecule has 6 heteroatoms. The Morgan fingerprint density at radius 3 is 0.840 bits per heavy atom. The van der Waals surface area contributed by atoms with E-state index in [0.717, 1.165) is 135 Å². The molecule has 6 nitrogen and oxygen atoms in total. The maximum atomic E-state index is 12.8. The van der Waals surface area contributed by atoms with Gasteiger partial charge in [0.15, 0.2) is 6.10 Å². The molecule has 0 fully saturated rings. The summed E-state index contributed by atoms with van der Waals surface area (Å²) in [6, 6.07) is 0. The summed E-state index contributed by atoms with van der Waals surface area (Å²) in [6.45, 7) is 6.47. The lowest BCUT2D eigenvalue weighted by Gasteiger charge is -2.18. The predicted molar refractivity (Wildman–Crippen MR) is 325 cm³/mol. The Bertz CT molecular complexity index is 1570. The lowest BCUT2D eigenvalue weighted by Crippen LogP contribution is -2.30. The van der Waals surface area contributed by atoms with E-state index in [9.17, 15) is 14.4 Å². The van der Waals surface area contributed by atoms with Gasteiger partial charge in [-0.05, 0) is 116 Å². The highest BCUT2D eigenvalue weighted by molar-refractivity contribution is 5.71. The average molecular weight is 1040 g/mol. The molecule has 0 amide bonds. The first kappa shape index (κ1) is 70.8. The van der Waals surface area contributed by atoms with Gasteiger partial charge in [0.05, 0.1) is 0 Å². The van der Waals surface area contributed by atoms with E-state index in [1.54, 1.807) is 0 Å². The van der Waals surface area contributed by atoms with Crippen LogP contribution in [0.3, 0.4) is 0 Å². The zero-order valence-electron chi connectivity index (χ0n) is 48.8. The van der Waals surface area contributed by atoms with Crippen LogP contribution in [0.5, 0.6) is 0 Å². The van der Waals surface area contributed by atoms with Gasteiger partial charge in [0.1, 0.15) is 13.2 Å². The molecule has 0 aromatic heterocycles. The van der Waals surface area contributed by atoms with E-state index in [1.165, 1.54) is 103 Å². The highest BCUT2D eigenvalue weighted by Crippen LogP contribution is 2.15. The lowest BCUT2D eigenvalue weighted by molar-refractivity contribution is -0.167. The van der Waals surface area contributed by atoms with Crippen molar-refractivity contribution in [3.8, 4) is 0 Å². The topological polar surface area (TPSA) is 78.9 Å². The van der Waals surface area contributed by atoms with Crippen molar-refractivity contribution in [2.24, 2.45) is 0 Å². The highest BCUT2D eigenvalue weighted by atomic mass is 16.6. The largest absolute Gasteiger partial charge is 0.462 e. The molecule has 426 valence electrons. The summed E-state index contributed by atoms with van der Waals surface area (Å²) in [5.41, 5.74) is 0. The van der Waals surface area contributed by atoms with E-state index in [0.29, 0.717) is 19.3 Å². The molecule has 0 aromatic carbocycles. The van der Waals surface area contributed by atoms with Gasteiger partial charge in [-0.3, -0.25) is 14.4 Å². The molecule has 0 rings (SSSR count). The zero-order valence-corrected chi connectivity index (χ0v) is 48.8. The Morgan fingerprint density at radius 2 is 0.520 bits per heavy atom. The third-order valence-electron chi connectivity index (χ3n) is 13.0. The molecule has 0 aliphatic rings. The SMILES string of the molecule is CC/C=C\C/C=C\C/C=C\C/C=C\C/C=C\C/C=C\C/C=C\C/C=C\C/C=C\CCCCCCCCCC(=O)OCC(COC(=O)CCCCCCCCCCC)OC(=O)CCCCCCC/C=C\CCCCCC. The van der Waals surface area contributed by atoms with Crippen LogP contribution in [0.4, 0.5) is 0 Å². The second-order valence-electron chi connectivity index (χ2n) is 20.2. The van der Waals surface area contributed by atoms with Crippen LogP contribution in [0.25, 0.3) is 0 Å². The van der Waals surface area contributed by atoms with Gasteiger partial charge >= 0.3 is 17.9 Å². The monoisotopic (exact) mass is 1040 g/mol. The Labute approximate surface area is 462 Å². The third-order valence-corrected chi connectivity index (χ3v) is 13.0. The molecule has 0 heterocycles. The van der Waals surface area contributed by atoms with Crippen molar-refractivity contribution in [1.82, 2.24) is 0 Å². The van der Waals surface area contributed by atoms with E-state index < -0.39 is 6.10 Å². The first-order valence-corrected chi connectivity index (χ1v) is 31.0. The zero-order chi connectivity index (χ0) is 54.3. The third kappa shape index (κ3) is 60.6. The Hall–Kier alpha value is -4.19. The molecular weight excluding hydrogens is 925 g/mol. The number of esters is 3. The van der Waals surface area contributed by atoms with Crippen LogP contribution >= 0.6 is 0 Å². The summed E-state index contributed by atoms with van der Waals surface area (Å²) >= 11 is 0. The predicted octanol–water partition coefficient (Wildman–Crippen LogP) is 21.2. The van der Waals surface area contributed by atoms with Gasteiger partial charge in [0.25, 0.3) is 0 Å². The van der Waals surface area contributed by atoms with E-state index >= 15 is 0 Å². The number of carbonyl (C=O) groups is 3. The Balaban J connectivity index is 4.17. The summed E-state index contributed by atoms with van der Waals surface area (Å²) < 4.78 is 16.8. The van der Waals surface area contributed by atoms with Crippen molar-refractivity contribution in [1.29, 1.82) is 0 Å². The molecular formula is C69H114O6. The number of carbonyl (C=O) groups excluding carboxylic acids is 3. The fourth-order valence-corrected chi connectivity index (χ4v) is 8.31. The summed E-state index contributed by atoms with van der Waals surface area (Å²) in [5.74, 6) is -0.906. The number of allylic oxidation sites excluding steroid dienone is 20. The van der Waals surface area contributed by atoms with Gasteiger partial charge in [-0.25, -0.2) is 0 Å². The molecule has 0 bridgehead atoms. The van der Waals surface area contributed by atoms with Crippen LogP contribution in [0, 0.1) is 0 Å². The maximum Gasteiger partial charge on any atom is 0.306 e. The Morgan fingerprint density at radius 1 is 0.280 bits per heavy atom. The lowest BCUT2D eigenvalue weighted by atomic mass is 10.1. The second-order valence-corrected chi connectivity index (χ2v) is 20.2. The quantitative estimate of drug-likeness (QED) is 0.0261. The highest BCUT2D eigenvalue weighted by Gasteiger charge is 2.19. The molecule has 0 spiro atoms. The maximum absolute atomic E-state index is 12.8. The number of ether oxygens (including phenoxy) is 3. The second kappa shape index (κ2) is 62.4. The van der Waals surface area contributed by atoms with E-state index in [2.05, 4.69) is 142 Å². The van der Waals surface area contributed by atoms with Crippen molar-refractivity contribution in [3.63, 3.8) is 0 Å². The van der Waals surface area contributed by atoms with Gasteiger partial charge in [-0.2, -0.15) is 0 Å². The fourth-order valence-electron chi connectivity index (χ4n) is 8.31. The molecule has 0 aliphatic carbocycles. The van der Waals surface area contributed by atoms with E-state index in [1.807, 2.05) is 0 Å². The van der Waals surface area contributed by atoms with Crippen LogP contribution in [0.1, 0.15) is 278 Å². The molecule has 1 unspecified atom stereocenters. The first-order valence-electron chi connectivity index (χ1n) is 31.0. The average Bonchev–Trinajstić information content (AvgIpc) is 3.41. The summed E-state index contributed by atoms with van der Waals surface area (Å²) in [6.07, 6.45) is 86.4. The van der Waals surface area contributed by atoms with E-state index in [4.69, 9.17) is 14.2 Å². The molecule has 0 aromatic rings. The van der Waals surface area contributed by atoms with Crippen molar-refractivity contribution in [2.75, 3.05) is 13.2 Å². The normalized spacial score (nSPS) is 12.9.